The Kier molecular flexibility index (Phi) is 1.07. The predicted octanol–water partition coefficient (Wildman–Crippen LogP) is 0.00960. The first-order chi connectivity index (χ1) is 3.84. The zero-order valence-corrected chi connectivity index (χ0v) is 4.39. The summed E-state index contributed by atoms with van der Waals surface area (Å²) < 4.78 is 4.44. The standard InChI is InChI=1S/C4H6N2O2/c1-5-3-2-8-6-4(3)7/h2,5H,1H3,(H,6,7). The van der Waals surface area contributed by atoms with Gasteiger partial charge in [0.25, 0.3) is 0 Å². The van der Waals surface area contributed by atoms with Crippen LogP contribution in [0.25, 0.3) is 0 Å². The SMILES string of the molecule is CNc1co[nH]c1=O. The van der Waals surface area contributed by atoms with Crippen LogP contribution in [-0.2, 0) is 0 Å². The van der Waals surface area contributed by atoms with E-state index in [2.05, 4.69) is 15.0 Å². The highest BCUT2D eigenvalue weighted by molar-refractivity contribution is 5.34. The van der Waals surface area contributed by atoms with E-state index in [1.165, 1.54) is 6.26 Å². The van der Waals surface area contributed by atoms with Crippen LogP contribution in [0.4, 0.5) is 5.69 Å². The molecule has 0 atom stereocenters. The van der Waals surface area contributed by atoms with Crippen molar-refractivity contribution < 1.29 is 4.52 Å². The summed E-state index contributed by atoms with van der Waals surface area (Å²) in [5.41, 5.74) is 0.220. The van der Waals surface area contributed by atoms with Gasteiger partial charge in [0.05, 0.1) is 0 Å². The Bertz CT molecular complexity index is 212. The fraction of sp³-hybridized carbons (Fsp3) is 0.250. The molecule has 0 aliphatic rings. The van der Waals surface area contributed by atoms with Crippen molar-refractivity contribution in [1.29, 1.82) is 0 Å². The van der Waals surface area contributed by atoms with Crippen LogP contribution in [0.5, 0.6) is 0 Å². The molecule has 0 aliphatic carbocycles. The second kappa shape index (κ2) is 1.73. The molecule has 1 aromatic rings. The van der Waals surface area contributed by atoms with Crippen LogP contribution in [0.15, 0.2) is 15.6 Å². The molecular formula is C4H6N2O2. The lowest BCUT2D eigenvalue weighted by Gasteiger charge is -1.82. The molecule has 0 amide bonds. The second-order valence-electron chi connectivity index (χ2n) is 1.33. The fourth-order valence-corrected chi connectivity index (χ4v) is 0.423. The van der Waals surface area contributed by atoms with Crippen molar-refractivity contribution in [3.8, 4) is 0 Å². The fourth-order valence-electron chi connectivity index (χ4n) is 0.423. The molecule has 0 aliphatic heterocycles. The number of anilines is 1. The van der Waals surface area contributed by atoms with Gasteiger partial charge >= 0.3 is 5.56 Å². The van der Waals surface area contributed by atoms with Crippen molar-refractivity contribution in [1.82, 2.24) is 5.16 Å². The number of aromatic nitrogens is 1. The lowest BCUT2D eigenvalue weighted by molar-refractivity contribution is 0.414. The van der Waals surface area contributed by atoms with Gasteiger partial charge < -0.3 is 9.84 Å². The molecule has 4 heteroatoms. The number of hydrogen-bond donors (Lipinski definition) is 2. The minimum Gasteiger partial charge on any atom is -0.385 e. The van der Waals surface area contributed by atoms with Gasteiger partial charge in [-0.25, -0.2) is 0 Å². The summed E-state index contributed by atoms with van der Waals surface area (Å²) in [5, 5.41) is 4.76. The van der Waals surface area contributed by atoms with Crippen molar-refractivity contribution in [2.45, 2.75) is 0 Å². The van der Waals surface area contributed by atoms with Gasteiger partial charge in [0.2, 0.25) is 0 Å². The van der Waals surface area contributed by atoms with Crippen LogP contribution in [0.2, 0.25) is 0 Å². The lowest BCUT2D eigenvalue weighted by atomic mass is 10.6. The third-order valence-corrected chi connectivity index (χ3v) is 0.842. The first-order valence-electron chi connectivity index (χ1n) is 2.18. The minimum atomic E-state index is -0.229. The van der Waals surface area contributed by atoms with E-state index in [0.29, 0.717) is 5.69 Å². The van der Waals surface area contributed by atoms with Crippen LogP contribution in [-0.4, -0.2) is 12.2 Å². The largest absolute Gasteiger partial charge is 0.385 e. The first kappa shape index (κ1) is 4.96. The predicted molar refractivity (Wildman–Crippen MR) is 28.9 cm³/mol. The Labute approximate surface area is 45.5 Å². The maximum absolute atomic E-state index is 10.4. The van der Waals surface area contributed by atoms with Gasteiger partial charge in [-0.1, -0.05) is 0 Å². The van der Waals surface area contributed by atoms with E-state index < -0.39 is 0 Å². The summed E-state index contributed by atoms with van der Waals surface area (Å²) in [5.74, 6) is 0. The van der Waals surface area contributed by atoms with Gasteiger partial charge in [0.1, 0.15) is 12.0 Å². The van der Waals surface area contributed by atoms with E-state index in [4.69, 9.17) is 0 Å². The molecule has 0 unspecified atom stereocenters. The van der Waals surface area contributed by atoms with Gasteiger partial charge in [-0.05, 0) is 0 Å². The normalized spacial score (nSPS) is 9.12. The zero-order chi connectivity index (χ0) is 5.98. The molecule has 0 bridgehead atoms. The molecule has 0 saturated carbocycles. The van der Waals surface area contributed by atoms with Gasteiger partial charge in [0.15, 0.2) is 0 Å². The second-order valence-corrected chi connectivity index (χ2v) is 1.33. The molecule has 0 spiro atoms. The Morgan fingerprint density at radius 1 is 1.88 bits per heavy atom. The lowest BCUT2D eigenvalue weighted by Crippen LogP contribution is -2.03. The average molecular weight is 114 g/mol. The summed E-state index contributed by atoms with van der Waals surface area (Å²) in [6.45, 7) is 0. The Morgan fingerprint density at radius 2 is 2.62 bits per heavy atom. The average Bonchev–Trinajstić information content (AvgIpc) is 2.14. The highest BCUT2D eigenvalue weighted by Gasteiger charge is 1.93. The summed E-state index contributed by atoms with van der Waals surface area (Å²) in [6.07, 6.45) is 1.32. The van der Waals surface area contributed by atoms with Crippen LogP contribution in [0.1, 0.15) is 0 Å². The zero-order valence-electron chi connectivity index (χ0n) is 4.39. The number of hydrogen-bond acceptors (Lipinski definition) is 3. The summed E-state index contributed by atoms with van der Waals surface area (Å²) >= 11 is 0. The molecule has 44 valence electrons. The maximum atomic E-state index is 10.4. The maximum Gasteiger partial charge on any atom is 0.303 e. The van der Waals surface area contributed by atoms with E-state index >= 15 is 0 Å². The number of nitrogens with one attached hydrogen (secondary N) is 2. The Balaban J connectivity index is 3.11. The van der Waals surface area contributed by atoms with E-state index in [1.807, 2.05) is 0 Å². The van der Waals surface area contributed by atoms with Gasteiger partial charge in [-0.3, -0.25) is 4.79 Å². The molecule has 1 rings (SSSR count). The molecule has 0 radical (unpaired) electrons. The summed E-state index contributed by atoms with van der Waals surface area (Å²) in [4.78, 5) is 10.4. The van der Waals surface area contributed by atoms with Crippen LogP contribution in [0.3, 0.4) is 0 Å². The summed E-state index contributed by atoms with van der Waals surface area (Å²) in [6, 6.07) is 0. The molecule has 0 fully saturated rings. The van der Waals surface area contributed by atoms with Crippen molar-refractivity contribution >= 4 is 5.69 Å². The third kappa shape index (κ3) is 0.598. The topological polar surface area (TPSA) is 58.0 Å². The van der Waals surface area contributed by atoms with Gasteiger partial charge in [0, 0.05) is 7.05 Å². The smallest absolute Gasteiger partial charge is 0.303 e. The molecule has 1 aromatic heterocycles. The minimum absolute atomic E-state index is 0.229. The van der Waals surface area contributed by atoms with Crippen molar-refractivity contribution in [2.75, 3.05) is 12.4 Å². The van der Waals surface area contributed by atoms with E-state index in [0.717, 1.165) is 0 Å². The quantitative estimate of drug-likeness (QED) is 0.540. The molecule has 0 aromatic carbocycles. The monoisotopic (exact) mass is 114 g/mol. The van der Waals surface area contributed by atoms with E-state index in [1.54, 1.807) is 7.05 Å². The molecular weight excluding hydrogens is 108 g/mol. The van der Waals surface area contributed by atoms with Gasteiger partial charge in [-0.15, -0.1) is 0 Å². The Morgan fingerprint density at radius 3 is 2.88 bits per heavy atom. The highest BCUT2D eigenvalue weighted by atomic mass is 16.5. The van der Waals surface area contributed by atoms with Crippen molar-refractivity contribution in [2.24, 2.45) is 0 Å². The highest BCUT2D eigenvalue weighted by Crippen LogP contribution is 1.91. The molecule has 0 saturated heterocycles. The van der Waals surface area contributed by atoms with Crippen LogP contribution in [0, 0.1) is 0 Å². The van der Waals surface area contributed by atoms with Crippen LogP contribution >= 0.6 is 0 Å². The summed E-state index contributed by atoms with van der Waals surface area (Å²) in [7, 11) is 1.65. The number of rotatable bonds is 1. The molecule has 8 heavy (non-hydrogen) atoms. The molecule has 4 nitrogen and oxygen atoms in total. The van der Waals surface area contributed by atoms with Crippen molar-refractivity contribution in [3.63, 3.8) is 0 Å². The third-order valence-electron chi connectivity index (χ3n) is 0.842. The number of aromatic amines is 1. The molecule has 2 N–H and O–H groups in total. The van der Waals surface area contributed by atoms with E-state index in [-0.39, 0.29) is 5.56 Å². The molecule has 1 heterocycles. The Hall–Kier alpha value is -1.19. The number of H-pyrrole nitrogens is 1. The van der Waals surface area contributed by atoms with E-state index in [9.17, 15) is 4.79 Å². The first-order valence-corrected chi connectivity index (χ1v) is 2.18. The van der Waals surface area contributed by atoms with Gasteiger partial charge in [-0.2, -0.15) is 5.16 Å². The van der Waals surface area contributed by atoms with Crippen molar-refractivity contribution in [3.05, 3.63) is 16.6 Å². The van der Waals surface area contributed by atoms with Crippen LogP contribution < -0.4 is 10.9 Å².